The summed E-state index contributed by atoms with van der Waals surface area (Å²) in [7, 11) is -9.99. The summed E-state index contributed by atoms with van der Waals surface area (Å²) in [4.78, 5) is 72.7. The van der Waals surface area contributed by atoms with Crippen LogP contribution in [0.1, 0.15) is 272 Å². The van der Waals surface area contributed by atoms with E-state index in [1.807, 2.05) is 12.2 Å². The third-order valence-electron chi connectivity index (χ3n) is 14.8. The molecule has 0 radical (unpaired) electrons. The van der Waals surface area contributed by atoms with Gasteiger partial charge in [-0.2, -0.15) is 0 Å². The van der Waals surface area contributed by atoms with Gasteiger partial charge in [-0.05, 0) is 135 Å². The van der Waals surface area contributed by atoms with E-state index in [0.717, 1.165) is 180 Å². The van der Waals surface area contributed by atoms with E-state index in [0.29, 0.717) is 25.7 Å². The van der Waals surface area contributed by atoms with Gasteiger partial charge in [-0.3, -0.25) is 37.3 Å². The molecule has 0 amide bonds. The van der Waals surface area contributed by atoms with Crippen molar-refractivity contribution in [3.05, 3.63) is 146 Å². The van der Waals surface area contributed by atoms with Crippen molar-refractivity contribution in [3.8, 4) is 0 Å². The molecule has 0 aliphatic carbocycles. The lowest BCUT2D eigenvalue weighted by atomic mass is 10.1. The Hall–Kier alpha value is -5.06. The Balaban J connectivity index is 5.42. The van der Waals surface area contributed by atoms with Crippen molar-refractivity contribution >= 4 is 39.5 Å². The van der Waals surface area contributed by atoms with Crippen LogP contribution in [0.5, 0.6) is 0 Å². The van der Waals surface area contributed by atoms with Crippen LogP contribution in [-0.4, -0.2) is 96.7 Å². The maximum absolute atomic E-state index is 13.1. The average molecular weight is 1410 g/mol. The molecule has 98 heavy (non-hydrogen) atoms. The van der Waals surface area contributed by atoms with Crippen LogP contribution in [0, 0.1) is 0 Å². The largest absolute Gasteiger partial charge is 0.472 e. The van der Waals surface area contributed by atoms with E-state index in [-0.39, 0.29) is 25.7 Å². The number of hydrogen-bond donors (Lipinski definition) is 3. The number of ether oxygens (including phenoxy) is 4. The quantitative estimate of drug-likeness (QED) is 0.0169. The molecular formula is C79H130O17P2. The fourth-order valence-corrected chi connectivity index (χ4v) is 10.8. The van der Waals surface area contributed by atoms with Gasteiger partial charge >= 0.3 is 39.5 Å². The molecule has 0 aromatic heterocycles. The molecule has 558 valence electrons. The highest BCUT2D eigenvalue weighted by molar-refractivity contribution is 7.47. The molecule has 5 unspecified atom stereocenters. The third-order valence-corrected chi connectivity index (χ3v) is 16.7. The van der Waals surface area contributed by atoms with E-state index in [9.17, 15) is 43.2 Å². The number of carbonyl (C=O) groups excluding carboxylic acids is 4. The molecule has 0 spiro atoms. The van der Waals surface area contributed by atoms with E-state index in [1.165, 1.54) is 12.8 Å². The molecule has 0 aromatic carbocycles. The van der Waals surface area contributed by atoms with E-state index >= 15 is 0 Å². The number of aliphatic hydroxyl groups is 1. The van der Waals surface area contributed by atoms with Gasteiger partial charge in [0.25, 0.3) is 0 Å². The Bertz CT molecular complexity index is 2430. The summed E-state index contributed by atoms with van der Waals surface area (Å²) in [5, 5.41) is 10.6. The molecule has 0 aliphatic rings. The molecular weight excluding hydrogens is 1280 g/mol. The van der Waals surface area contributed by atoms with Crippen molar-refractivity contribution in [2.24, 2.45) is 0 Å². The Morgan fingerprint density at radius 2 is 0.571 bits per heavy atom. The number of carbonyl (C=O) groups is 4. The second kappa shape index (κ2) is 70.4. The monoisotopic (exact) mass is 1410 g/mol. The van der Waals surface area contributed by atoms with Gasteiger partial charge in [-0.15, -0.1) is 0 Å². The molecule has 0 saturated carbocycles. The zero-order chi connectivity index (χ0) is 71.8. The highest BCUT2D eigenvalue weighted by atomic mass is 31.2. The topological polar surface area (TPSA) is 237 Å². The summed E-state index contributed by atoms with van der Waals surface area (Å²) in [6.07, 6.45) is 78.8. The molecule has 0 rings (SSSR count). The minimum Gasteiger partial charge on any atom is -0.462 e. The number of hydrogen-bond acceptors (Lipinski definition) is 15. The van der Waals surface area contributed by atoms with Crippen LogP contribution >= 0.6 is 15.6 Å². The maximum Gasteiger partial charge on any atom is 0.472 e. The lowest BCUT2D eigenvalue weighted by Gasteiger charge is -2.21. The summed E-state index contributed by atoms with van der Waals surface area (Å²) in [6.45, 7) is 4.32. The van der Waals surface area contributed by atoms with Crippen LogP contribution in [0.15, 0.2) is 146 Å². The van der Waals surface area contributed by atoms with Crippen molar-refractivity contribution in [2.45, 2.75) is 290 Å². The number of esters is 4. The van der Waals surface area contributed by atoms with Gasteiger partial charge in [0.2, 0.25) is 0 Å². The summed E-state index contributed by atoms with van der Waals surface area (Å²) in [5.74, 6) is -2.37. The Labute approximate surface area is 592 Å². The van der Waals surface area contributed by atoms with E-state index < -0.39 is 97.5 Å². The molecule has 3 N–H and O–H groups in total. The predicted octanol–water partition coefficient (Wildman–Crippen LogP) is 21.1. The average Bonchev–Trinajstić information content (AvgIpc) is 0.980. The van der Waals surface area contributed by atoms with Crippen LogP contribution in [0.25, 0.3) is 0 Å². The zero-order valence-corrected chi connectivity index (χ0v) is 62.4. The summed E-state index contributed by atoms with van der Waals surface area (Å²) >= 11 is 0. The van der Waals surface area contributed by atoms with Gasteiger partial charge in [0.15, 0.2) is 12.2 Å². The number of unbranched alkanes of at least 4 members (excludes halogenated alkanes) is 19. The van der Waals surface area contributed by atoms with Crippen LogP contribution in [-0.2, 0) is 65.4 Å². The summed E-state index contributed by atoms with van der Waals surface area (Å²) < 4.78 is 68.2. The predicted molar refractivity (Wildman–Crippen MR) is 399 cm³/mol. The van der Waals surface area contributed by atoms with Gasteiger partial charge in [0.1, 0.15) is 19.3 Å². The van der Waals surface area contributed by atoms with Crippen molar-refractivity contribution in [1.29, 1.82) is 0 Å². The molecule has 19 heteroatoms. The second-order valence-corrected chi connectivity index (χ2v) is 27.0. The summed E-state index contributed by atoms with van der Waals surface area (Å²) in [5.41, 5.74) is 0. The first-order valence-electron chi connectivity index (χ1n) is 37.1. The van der Waals surface area contributed by atoms with Gasteiger partial charge in [-0.1, -0.05) is 257 Å². The first-order chi connectivity index (χ1) is 47.7. The Morgan fingerprint density at radius 3 is 0.918 bits per heavy atom. The van der Waals surface area contributed by atoms with E-state index in [1.54, 1.807) is 12.2 Å². The molecule has 17 nitrogen and oxygen atoms in total. The zero-order valence-electron chi connectivity index (χ0n) is 60.7. The fourth-order valence-electron chi connectivity index (χ4n) is 9.25. The van der Waals surface area contributed by atoms with Gasteiger partial charge < -0.3 is 33.8 Å². The van der Waals surface area contributed by atoms with Gasteiger partial charge in [-0.25, -0.2) is 9.13 Å². The third kappa shape index (κ3) is 69.4. The number of allylic oxidation sites excluding steroid dienone is 23. The standard InChI is InChI=1S/C79H130O17P2/c1-5-9-13-17-21-25-29-32-35-36-39-41-45-48-52-56-60-64-77(82)90-70-75(96-79(84)66-62-58-54-50-46-42-38-34-31-27-23-19-15-11-7-3)72-94-98(87,88)92-68-73(80)67-91-97(85,86)93-71-74(95-78(83)65-61-57-53-49-43-28-24-20-16-12-8-4)69-89-76(81)63-59-55-51-47-44-40-37-33-30-26-22-18-14-10-6-2/h9-11,13-15,20-27,32-35,37-38,46,50,58,62,73-75,80H,5-8,12,16-19,28-31,36,39-45,47-49,51-57,59-61,63-72H2,1-4H3,(H,85,86)(H,87,88)/b13-9-,14-10-,15-11-,24-20-,25-21-,26-22-,27-23-,35-32-,37-33-,38-34-,50-46-,62-58-. The van der Waals surface area contributed by atoms with Gasteiger partial charge in [0.05, 0.1) is 32.8 Å². The Morgan fingerprint density at radius 1 is 0.306 bits per heavy atom. The minimum absolute atomic E-state index is 0.0743. The number of phosphoric acid groups is 2. The van der Waals surface area contributed by atoms with Crippen LogP contribution in [0.2, 0.25) is 0 Å². The van der Waals surface area contributed by atoms with Crippen molar-refractivity contribution in [2.75, 3.05) is 39.6 Å². The molecule has 5 atom stereocenters. The van der Waals surface area contributed by atoms with E-state index in [2.05, 4.69) is 149 Å². The van der Waals surface area contributed by atoms with Gasteiger partial charge in [0, 0.05) is 19.3 Å². The first-order valence-corrected chi connectivity index (χ1v) is 40.1. The molecule has 0 bridgehead atoms. The van der Waals surface area contributed by atoms with Crippen molar-refractivity contribution in [1.82, 2.24) is 0 Å². The molecule has 0 aliphatic heterocycles. The van der Waals surface area contributed by atoms with Crippen LogP contribution < -0.4 is 0 Å². The van der Waals surface area contributed by atoms with Crippen molar-refractivity contribution < 1.29 is 80.2 Å². The molecule has 0 aromatic rings. The normalized spacial score (nSPS) is 14.8. The molecule has 0 fully saturated rings. The Kier molecular flexibility index (Phi) is 66.7. The highest BCUT2D eigenvalue weighted by Gasteiger charge is 2.30. The van der Waals surface area contributed by atoms with Crippen LogP contribution in [0.4, 0.5) is 0 Å². The SMILES string of the molecule is CC/C=C\C/C=C\C/C=C\C/C=C\C/C=C\CC(=O)OC(COC(=O)CCCCCCCCC/C=C\C/C=C\C/C=C\CC)COP(=O)(O)OCC(O)COP(=O)(O)OCC(COC(=O)CCCCCCC/C=C\C/C=C\C/C=C\CC)OC(=O)CCCCCCC/C=C\CCCC. The van der Waals surface area contributed by atoms with Crippen LogP contribution in [0.3, 0.4) is 0 Å². The summed E-state index contributed by atoms with van der Waals surface area (Å²) in [6, 6.07) is 0. The van der Waals surface area contributed by atoms with Crippen molar-refractivity contribution in [3.63, 3.8) is 0 Å². The van der Waals surface area contributed by atoms with E-state index in [4.69, 9.17) is 37.0 Å². The maximum atomic E-state index is 13.1. The first kappa shape index (κ1) is 92.9. The molecule has 0 heterocycles. The minimum atomic E-state index is -5.00. The smallest absolute Gasteiger partial charge is 0.462 e. The number of phosphoric ester groups is 2. The fraction of sp³-hybridized carbons (Fsp3) is 0.646. The number of aliphatic hydroxyl groups excluding tert-OH is 1. The highest BCUT2D eigenvalue weighted by Crippen LogP contribution is 2.45. The lowest BCUT2D eigenvalue weighted by molar-refractivity contribution is -0.161. The molecule has 0 saturated heterocycles. The second-order valence-electron chi connectivity index (χ2n) is 24.1. The lowest BCUT2D eigenvalue weighted by Crippen LogP contribution is -2.30. The number of rotatable bonds is 68.